The number of halogens is 1. The molecule has 2 atom stereocenters. The molecule has 0 radical (unpaired) electrons. The van der Waals surface area contributed by atoms with E-state index >= 15 is 0 Å². The minimum absolute atomic E-state index is 0.213. The van der Waals surface area contributed by atoms with Crippen molar-refractivity contribution in [3.8, 4) is 0 Å². The summed E-state index contributed by atoms with van der Waals surface area (Å²) in [5.41, 5.74) is 1.75. The lowest BCUT2D eigenvalue weighted by molar-refractivity contribution is -0.145. The predicted molar refractivity (Wildman–Crippen MR) is 92.7 cm³/mol. The van der Waals surface area contributed by atoms with Gasteiger partial charge in [0.1, 0.15) is 11.9 Å². The van der Waals surface area contributed by atoms with Crippen molar-refractivity contribution >= 4 is 17.8 Å². The van der Waals surface area contributed by atoms with Crippen molar-refractivity contribution in [3.63, 3.8) is 0 Å². The molecule has 2 amide bonds. The lowest BCUT2D eigenvalue weighted by Gasteiger charge is -2.29. The highest BCUT2D eigenvalue weighted by Gasteiger charge is 2.46. The Labute approximate surface area is 154 Å². The van der Waals surface area contributed by atoms with E-state index in [1.54, 1.807) is 36.4 Å². The van der Waals surface area contributed by atoms with Gasteiger partial charge in [0, 0.05) is 18.5 Å². The summed E-state index contributed by atoms with van der Waals surface area (Å²) in [6.07, 6.45) is -0.319. The van der Waals surface area contributed by atoms with E-state index in [0.29, 0.717) is 17.5 Å². The first-order valence-corrected chi connectivity index (χ1v) is 8.68. The zero-order valence-corrected chi connectivity index (χ0v) is 14.4. The molecule has 6 nitrogen and oxygen atoms in total. The summed E-state index contributed by atoms with van der Waals surface area (Å²) in [4.78, 5) is 38.5. The van der Waals surface area contributed by atoms with Crippen molar-refractivity contribution in [2.75, 3.05) is 0 Å². The first-order chi connectivity index (χ1) is 13.0. The zero-order chi connectivity index (χ0) is 19.0. The lowest BCUT2D eigenvalue weighted by Crippen LogP contribution is -2.46. The van der Waals surface area contributed by atoms with E-state index in [9.17, 15) is 18.8 Å². The minimum Gasteiger partial charge on any atom is -0.433 e. The van der Waals surface area contributed by atoms with E-state index in [1.165, 1.54) is 17.0 Å². The Morgan fingerprint density at radius 1 is 1.15 bits per heavy atom. The molecule has 0 spiro atoms. The van der Waals surface area contributed by atoms with Crippen LogP contribution in [-0.2, 0) is 20.9 Å². The number of likely N-dealkylation sites (tertiary alicyclic amines) is 1. The van der Waals surface area contributed by atoms with Crippen LogP contribution < -0.4 is 5.32 Å². The number of rotatable bonds is 4. The summed E-state index contributed by atoms with van der Waals surface area (Å²) >= 11 is 0. The smallest absolute Gasteiger partial charge is 0.340 e. The second-order valence-electron chi connectivity index (χ2n) is 6.54. The van der Waals surface area contributed by atoms with Gasteiger partial charge < -0.3 is 10.1 Å². The van der Waals surface area contributed by atoms with Gasteiger partial charge in [0.05, 0.1) is 5.56 Å². The van der Waals surface area contributed by atoms with Gasteiger partial charge in [-0.1, -0.05) is 30.3 Å². The highest BCUT2D eigenvalue weighted by molar-refractivity contribution is 5.96. The molecule has 0 aliphatic carbocycles. The van der Waals surface area contributed by atoms with Crippen molar-refractivity contribution in [1.29, 1.82) is 0 Å². The molecule has 7 heteroatoms. The van der Waals surface area contributed by atoms with E-state index in [0.717, 1.165) is 5.56 Å². The molecule has 1 fully saturated rings. The molecule has 0 saturated carbocycles. The number of esters is 1. The zero-order valence-electron chi connectivity index (χ0n) is 14.4. The Balaban J connectivity index is 1.51. The molecule has 138 valence electrons. The Bertz CT molecular complexity index is 912. The van der Waals surface area contributed by atoms with Crippen LogP contribution in [0.4, 0.5) is 4.39 Å². The van der Waals surface area contributed by atoms with E-state index in [-0.39, 0.29) is 30.6 Å². The second kappa shape index (κ2) is 6.83. The van der Waals surface area contributed by atoms with Crippen molar-refractivity contribution in [1.82, 2.24) is 10.2 Å². The number of nitrogens with one attached hydrogen (secondary N) is 1. The van der Waals surface area contributed by atoms with Gasteiger partial charge in [0.15, 0.2) is 0 Å². The number of cyclic esters (lactones) is 1. The highest BCUT2D eigenvalue weighted by Crippen LogP contribution is 2.38. The summed E-state index contributed by atoms with van der Waals surface area (Å²) in [6.45, 7) is 0.221. The fourth-order valence-electron chi connectivity index (χ4n) is 3.50. The van der Waals surface area contributed by atoms with Gasteiger partial charge in [-0.3, -0.25) is 14.5 Å². The normalized spacial score (nSPS) is 21.1. The van der Waals surface area contributed by atoms with Crippen LogP contribution >= 0.6 is 0 Å². The third-order valence-corrected chi connectivity index (χ3v) is 4.86. The maximum atomic E-state index is 13.0. The summed E-state index contributed by atoms with van der Waals surface area (Å²) < 4.78 is 18.4. The van der Waals surface area contributed by atoms with Gasteiger partial charge in [-0.15, -0.1) is 0 Å². The molecular formula is C20H17FN2O4. The van der Waals surface area contributed by atoms with E-state index in [2.05, 4.69) is 5.32 Å². The Hall–Kier alpha value is -3.22. The molecular weight excluding hydrogens is 351 g/mol. The third kappa shape index (κ3) is 3.16. The van der Waals surface area contributed by atoms with Crippen LogP contribution in [0, 0.1) is 5.82 Å². The van der Waals surface area contributed by atoms with Crippen molar-refractivity contribution in [2.45, 2.75) is 31.7 Å². The van der Waals surface area contributed by atoms with Crippen LogP contribution in [0.5, 0.6) is 0 Å². The summed E-state index contributed by atoms with van der Waals surface area (Å²) in [5.74, 6) is -1.41. The van der Waals surface area contributed by atoms with Crippen LogP contribution in [0.1, 0.15) is 40.6 Å². The van der Waals surface area contributed by atoms with E-state index in [4.69, 9.17) is 4.74 Å². The van der Waals surface area contributed by atoms with Crippen LogP contribution in [0.25, 0.3) is 0 Å². The summed E-state index contributed by atoms with van der Waals surface area (Å²) in [7, 11) is 0. The standard InChI is InChI=1S/C20H17FN2O4/c21-13-7-5-12(6-8-13)11-22-18(25)16-9-10-17(24)23(16)19-14-3-1-2-4-15(14)20(26)27-19/h1-8,16,19H,9-11H2,(H,22,25). The number of nitrogens with zero attached hydrogens (tertiary/aromatic N) is 1. The van der Waals surface area contributed by atoms with Gasteiger partial charge in [0.2, 0.25) is 18.0 Å². The predicted octanol–water partition coefficient (Wildman–Crippen LogP) is 2.30. The molecule has 2 heterocycles. The number of hydrogen-bond donors (Lipinski definition) is 1. The molecule has 0 bridgehead atoms. The SMILES string of the molecule is O=C1OC(N2C(=O)CCC2C(=O)NCc2ccc(F)cc2)c2ccccc21. The molecule has 4 rings (SSSR count). The van der Waals surface area contributed by atoms with Gasteiger partial charge in [0.25, 0.3) is 0 Å². The number of ether oxygens (including phenoxy) is 1. The van der Waals surface area contributed by atoms with Crippen LogP contribution in [0.3, 0.4) is 0 Å². The molecule has 2 aliphatic rings. The van der Waals surface area contributed by atoms with Crippen molar-refractivity contribution in [3.05, 3.63) is 71.0 Å². The van der Waals surface area contributed by atoms with Crippen LogP contribution in [-0.4, -0.2) is 28.7 Å². The molecule has 2 aromatic carbocycles. The first kappa shape index (κ1) is 17.2. The maximum absolute atomic E-state index is 13.0. The molecule has 2 unspecified atom stereocenters. The average Bonchev–Trinajstić information content (AvgIpc) is 3.21. The molecule has 27 heavy (non-hydrogen) atoms. The fourth-order valence-corrected chi connectivity index (χ4v) is 3.50. The molecule has 2 aliphatic heterocycles. The number of benzene rings is 2. The number of fused-ring (bicyclic) bond motifs is 1. The lowest BCUT2D eigenvalue weighted by atomic mass is 10.1. The van der Waals surface area contributed by atoms with Crippen LogP contribution in [0.2, 0.25) is 0 Å². The molecule has 2 aromatic rings. The monoisotopic (exact) mass is 368 g/mol. The molecule has 1 saturated heterocycles. The Morgan fingerprint density at radius 2 is 1.89 bits per heavy atom. The van der Waals surface area contributed by atoms with Gasteiger partial charge >= 0.3 is 5.97 Å². The summed E-state index contributed by atoms with van der Waals surface area (Å²) in [6, 6.07) is 11.9. The third-order valence-electron chi connectivity index (χ3n) is 4.86. The maximum Gasteiger partial charge on any atom is 0.340 e. The second-order valence-corrected chi connectivity index (χ2v) is 6.54. The van der Waals surface area contributed by atoms with Crippen LogP contribution in [0.15, 0.2) is 48.5 Å². The number of carbonyl (C=O) groups excluding carboxylic acids is 3. The first-order valence-electron chi connectivity index (χ1n) is 8.68. The van der Waals surface area contributed by atoms with E-state index in [1.807, 2.05) is 0 Å². The van der Waals surface area contributed by atoms with Gasteiger partial charge in [-0.2, -0.15) is 0 Å². The van der Waals surface area contributed by atoms with Gasteiger partial charge in [-0.05, 0) is 30.2 Å². The fraction of sp³-hybridized carbons (Fsp3) is 0.250. The molecule has 1 N–H and O–H groups in total. The minimum atomic E-state index is -0.884. The molecule has 0 aromatic heterocycles. The van der Waals surface area contributed by atoms with Crippen molar-refractivity contribution in [2.24, 2.45) is 0 Å². The van der Waals surface area contributed by atoms with Crippen molar-refractivity contribution < 1.29 is 23.5 Å². The number of hydrogen-bond acceptors (Lipinski definition) is 4. The summed E-state index contributed by atoms with van der Waals surface area (Å²) in [5, 5.41) is 2.77. The average molecular weight is 368 g/mol. The number of carbonyl (C=O) groups is 3. The topological polar surface area (TPSA) is 75.7 Å². The quantitative estimate of drug-likeness (QED) is 0.841. The Kier molecular flexibility index (Phi) is 4.35. The van der Waals surface area contributed by atoms with E-state index < -0.39 is 18.2 Å². The highest BCUT2D eigenvalue weighted by atomic mass is 19.1. The Morgan fingerprint density at radius 3 is 2.67 bits per heavy atom. The number of amides is 2. The largest absolute Gasteiger partial charge is 0.433 e. The van der Waals surface area contributed by atoms with Gasteiger partial charge in [-0.25, -0.2) is 9.18 Å².